The molecule has 0 aliphatic carbocycles. The van der Waals surface area contributed by atoms with Gasteiger partial charge >= 0.3 is 10.1 Å². The highest BCUT2D eigenvalue weighted by atomic mass is 32.2. The van der Waals surface area contributed by atoms with Crippen LogP contribution in [0, 0.1) is 10.6 Å². The van der Waals surface area contributed by atoms with Crippen molar-refractivity contribution in [2.75, 3.05) is 0 Å². The highest BCUT2D eigenvalue weighted by Crippen LogP contribution is 2.29. The van der Waals surface area contributed by atoms with Gasteiger partial charge in [0.2, 0.25) is 11.3 Å². The Morgan fingerprint density at radius 3 is 2.25 bits per heavy atom. The SMILES string of the molecule is CC(C)(C)CC(C)(C)[N+]([O-])=Cc1ccc(S(=O)(=O)O)o1. The first-order valence-corrected chi connectivity index (χ1v) is 7.64. The van der Waals surface area contributed by atoms with Crippen LogP contribution >= 0.6 is 0 Å². The fourth-order valence-electron chi connectivity index (χ4n) is 2.21. The Kier molecular flexibility index (Phi) is 4.36. The predicted molar refractivity (Wildman–Crippen MR) is 75.5 cm³/mol. The number of hydroxylamine groups is 1. The van der Waals surface area contributed by atoms with Gasteiger partial charge in [-0.05, 0) is 17.5 Å². The van der Waals surface area contributed by atoms with E-state index < -0.39 is 20.7 Å². The fourth-order valence-corrected chi connectivity index (χ4v) is 2.65. The summed E-state index contributed by atoms with van der Waals surface area (Å²) in [5.41, 5.74) is -0.688. The predicted octanol–water partition coefficient (Wildman–Crippen LogP) is 2.67. The molecule has 0 radical (unpaired) electrons. The first kappa shape index (κ1) is 16.7. The van der Waals surface area contributed by atoms with Crippen LogP contribution in [0.4, 0.5) is 0 Å². The van der Waals surface area contributed by atoms with Crippen LogP contribution in [0.3, 0.4) is 0 Å². The summed E-state index contributed by atoms with van der Waals surface area (Å²) in [5.74, 6) is 0.0783. The Balaban J connectivity index is 3.02. The molecule has 20 heavy (non-hydrogen) atoms. The first-order chi connectivity index (χ1) is 8.81. The van der Waals surface area contributed by atoms with Crippen molar-refractivity contribution in [2.45, 2.75) is 51.7 Å². The first-order valence-electron chi connectivity index (χ1n) is 6.20. The van der Waals surface area contributed by atoms with E-state index in [1.807, 2.05) is 20.8 Å². The van der Waals surface area contributed by atoms with E-state index in [0.29, 0.717) is 6.42 Å². The van der Waals surface area contributed by atoms with Crippen molar-refractivity contribution >= 4 is 16.3 Å². The van der Waals surface area contributed by atoms with Crippen LogP contribution < -0.4 is 0 Å². The molecule has 6 nitrogen and oxygen atoms in total. The smallest absolute Gasteiger partial charge is 0.328 e. The molecule has 1 rings (SSSR count). The zero-order chi connectivity index (χ0) is 15.8. The summed E-state index contributed by atoms with van der Waals surface area (Å²) in [7, 11) is -4.39. The van der Waals surface area contributed by atoms with Gasteiger partial charge in [0.05, 0.1) is 0 Å². The van der Waals surface area contributed by atoms with Gasteiger partial charge in [0, 0.05) is 20.3 Å². The Morgan fingerprint density at radius 1 is 1.30 bits per heavy atom. The van der Waals surface area contributed by atoms with Gasteiger partial charge in [0.15, 0.2) is 11.3 Å². The van der Waals surface area contributed by atoms with Crippen molar-refractivity contribution < 1.29 is 22.1 Å². The monoisotopic (exact) mass is 303 g/mol. The van der Waals surface area contributed by atoms with Crippen molar-refractivity contribution in [3.63, 3.8) is 0 Å². The molecule has 0 saturated carbocycles. The van der Waals surface area contributed by atoms with Crippen LogP contribution in [0.5, 0.6) is 0 Å². The Labute approximate surface area is 119 Å². The third-order valence-electron chi connectivity index (χ3n) is 2.66. The van der Waals surface area contributed by atoms with Gasteiger partial charge in [0.25, 0.3) is 0 Å². The van der Waals surface area contributed by atoms with Crippen LogP contribution in [0.15, 0.2) is 21.6 Å². The van der Waals surface area contributed by atoms with Crippen LogP contribution in [0.25, 0.3) is 0 Å². The summed E-state index contributed by atoms with van der Waals surface area (Å²) >= 11 is 0. The lowest BCUT2D eigenvalue weighted by Crippen LogP contribution is -2.37. The topological polar surface area (TPSA) is 93.6 Å². The molecule has 0 bridgehead atoms. The second-order valence-electron chi connectivity index (χ2n) is 6.64. The molecule has 0 aromatic carbocycles. The number of hydrogen-bond donors (Lipinski definition) is 1. The largest absolute Gasteiger partial charge is 0.623 e. The van der Waals surface area contributed by atoms with E-state index in [2.05, 4.69) is 0 Å². The molecule has 0 aliphatic heterocycles. The molecule has 0 spiro atoms. The summed E-state index contributed by atoms with van der Waals surface area (Å²) < 4.78 is 36.2. The van der Waals surface area contributed by atoms with Gasteiger partial charge < -0.3 is 9.62 Å². The zero-order valence-corrected chi connectivity index (χ0v) is 13.2. The second-order valence-corrected chi connectivity index (χ2v) is 7.99. The molecule has 1 heterocycles. The van der Waals surface area contributed by atoms with E-state index in [4.69, 9.17) is 8.97 Å². The number of furan rings is 1. The normalized spacial score (nSPS) is 14.6. The summed E-state index contributed by atoms with van der Waals surface area (Å²) in [5, 5.41) is 11.6. The molecular weight excluding hydrogens is 282 g/mol. The van der Waals surface area contributed by atoms with Gasteiger partial charge in [-0.3, -0.25) is 4.55 Å². The lowest BCUT2D eigenvalue weighted by atomic mass is 9.82. The van der Waals surface area contributed by atoms with E-state index in [0.717, 1.165) is 10.8 Å². The maximum atomic E-state index is 12.2. The summed E-state index contributed by atoms with van der Waals surface area (Å²) in [4.78, 5) is 0. The molecule has 0 saturated heterocycles. The standard InChI is InChI=1S/C13H21NO5S/c1-12(2,3)9-13(4,5)14(15)8-10-6-7-11(19-10)20(16,17)18/h6-8H,9H2,1-5H3,(H,16,17,18). The molecule has 1 aromatic rings. The minimum Gasteiger partial charge on any atom is -0.623 e. The van der Waals surface area contributed by atoms with Gasteiger partial charge in [-0.2, -0.15) is 8.42 Å². The van der Waals surface area contributed by atoms with E-state index in [-0.39, 0.29) is 11.2 Å². The molecule has 0 amide bonds. The highest BCUT2D eigenvalue weighted by molar-refractivity contribution is 7.85. The van der Waals surface area contributed by atoms with Crippen LogP contribution in [0.1, 0.15) is 46.8 Å². The second kappa shape index (κ2) is 5.21. The minimum absolute atomic E-state index is 0.0250. The average Bonchev–Trinajstić information content (AvgIpc) is 2.61. The van der Waals surface area contributed by atoms with Gasteiger partial charge in [-0.25, -0.2) is 4.74 Å². The van der Waals surface area contributed by atoms with E-state index >= 15 is 0 Å². The molecule has 1 aromatic heterocycles. The number of nitrogens with zero attached hydrogens (tertiary/aromatic N) is 1. The Morgan fingerprint density at radius 2 is 1.85 bits per heavy atom. The van der Waals surface area contributed by atoms with Crippen LogP contribution in [-0.2, 0) is 10.1 Å². The van der Waals surface area contributed by atoms with Crippen molar-refractivity contribution in [3.8, 4) is 0 Å². The maximum Gasteiger partial charge on any atom is 0.328 e. The summed E-state index contributed by atoms with van der Waals surface area (Å²) in [6, 6.07) is 2.42. The van der Waals surface area contributed by atoms with Crippen molar-refractivity contribution in [2.24, 2.45) is 5.41 Å². The summed E-state index contributed by atoms with van der Waals surface area (Å²) in [6.07, 6.45) is 1.83. The molecule has 1 N–H and O–H groups in total. The Bertz CT molecular complexity index is 605. The third-order valence-corrected chi connectivity index (χ3v) is 3.39. The summed E-state index contributed by atoms with van der Waals surface area (Å²) in [6.45, 7) is 9.70. The van der Waals surface area contributed by atoms with Gasteiger partial charge in [-0.1, -0.05) is 20.8 Å². The lowest BCUT2D eigenvalue weighted by Gasteiger charge is -2.30. The minimum atomic E-state index is -4.39. The average molecular weight is 303 g/mol. The fraction of sp³-hybridized carbons (Fsp3) is 0.615. The van der Waals surface area contributed by atoms with E-state index in [1.54, 1.807) is 13.8 Å². The van der Waals surface area contributed by atoms with E-state index in [9.17, 15) is 13.6 Å². The number of rotatable bonds is 4. The van der Waals surface area contributed by atoms with Crippen LogP contribution in [-0.4, -0.2) is 29.5 Å². The molecule has 0 aliphatic rings. The van der Waals surface area contributed by atoms with Crippen molar-refractivity contribution in [1.82, 2.24) is 0 Å². The Hall–Kier alpha value is -1.34. The quantitative estimate of drug-likeness (QED) is 0.303. The van der Waals surface area contributed by atoms with Gasteiger partial charge in [-0.15, -0.1) is 0 Å². The number of hydrogen-bond acceptors (Lipinski definition) is 4. The highest BCUT2D eigenvalue weighted by Gasteiger charge is 2.32. The molecular formula is C13H21NO5S. The maximum absolute atomic E-state index is 12.2. The lowest BCUT2D eigenvalue weighted by molar-refractivity contribution is -0.540. The van der Waals surface area contributed by atoms with Crippen molar-refractivity contribution in [1.29, 1.82) is 0 Å². The van der Waals surface area contributed by atoms with Crippen LogP contribution in [0.2, 0.25) is 0 Å². The zero-order valence-electron chi connectivity index (χ0n) is 12.4. The van der Waals surface area contributed by atoms with Crippen molar-refractivity contribution in [3.05, 3.63) is 23.1 Å². The third kappa shape index (κ3) is 4.64. The molecule has 0 unspecified atom stereocenters. The molecule has 0 atom stereocenters. The molecule has 7 heteroatoms. The van der Waals surface area contributed by atoms with Gasteiger partial charge in [0.1, 0.15) is 0 Å². The molecule has 114 valence electrons. The van der Waals surface area contributed by atoms with E-state index in [1.165, 1.54) is 12.3 Å². The molecule has 0 fully saturated rings.